The summed E-state index contributed by atoms with van der Waals surface area (Å²) >= 11 is 2.17. The van der Waals surface area contributed by atoms with Crippen LogP contribution in [-0.4, -0.2) is 22.2 Å². The molecule has 1 aromatic heterocycles. The number of benzene rings is 1. The van der Waals surface area contributed by atoms with Gasteiger partial charge in [0.15, 0.2) is 0 Å². The first-order chi connectivity index (χ1) is 10.6. The van der Waals surface area contributed by atoms with Crippen molar-refractivity contribution in [2.24, 2.45) is 0 Å². The average Bonchev–Trinajstić information content (AvgIpc) is 3.34. The van der Waals surface area contributed by atoms with Gasteiger partial charge in [-0.1, -0.05) is 6.07 Å². The third kappa shape index (κ3) is 3.73. The Morgan fingerprint density at radius 1 is 1.32 bits per heavy atom. The molecule has 1 N–H and O–H groups in total. The predicted molar refractivity (Wildman–Crippen MR) is 92.0 cm³/mol. The van der Waals surface area contributed by atoms with Gasteiger partial charge in [-0.15, -0.1) is 0 Å². The molecule has 1 heterocycles. The summed E-state index contributed by atoms with van der Waals surface area (Å²) in [7, 11) is 0. The van der Waals surface area contributed by atoms with E-state index in [-0.39, 0.29) is 11.5 Å². The van der Waals surface area contributed by atoms with E-state index in [1.807, 2.05) is 18.2 Å². The number of carbonyl (C=O) groups is 1. The summed E-state index contributed by atoms with van der Waals surface area (Å²) in [6.07, 6.45) is 2.29. The van der Waals surface area contributed by atoms with Crippen LogP contribution in [0, 0.1) is 3.57 Å². The zero-order valence-corrected chi connectivity index (χ0v) is 14.1. The second kappa shape index (κ2) is 6.60. The molecule has 1 aliphatic rings. The van der Waals surface area contributed by atoms with Crippen LogP contribution in [0.4, 0.5) is 0 Å². The molecule has 6 heteroatoms. The number of nitrogens with one attached hydrogen (secondary N) is 1. The summed E-state index contributed by atoms with van der Waals surface area (Å²) in [4.78, 5) is 23.8. The highest BCUT2D eigenvalue weighted by atomic mass is 127. The second-order valence-electron chi connectivity index (χ2n) is 5.36. The molecule has 2 aromatic rings. The van der Waals surface area contributed by atoms with Crippen LogP contribution in [0.2, 0.25) is 0 Å². The Labute approximate surface area is 141 Å². The predicted octanol–water partition coefficient (Wildman–Crippen LogP) is 2.16. The number of aromatic nitrogens is 2. The Morgan fingerprint density at radius 2 is 2.14 bits per heavy atom. The number of amides is 1. The van der Waals surface area contributed by atoms with Crippen molar-refractivity contribution in [3.05, 3.63) is 61.6 Å². The summed E-state index contributed by atoms with van der Waals surface area (Å²) in [5.41, 5.74) is 1.47. The molecule has 0 spiro atoms. The Balaban J connectivity index is 1.60. The summed E-state index contributed by atoms with van der Waals surface area (Å²) in [6.45, 7) is 0.764. The molecule has 0 saturated heterocycles. The highest BCUT2D eigenvalue weighted by Crippen LogP contribution is 2.38. The van der Waals surface area contributed by atoms with E-state index in [2.05, 4.69) is 33.0 Å². The van der Waals surface area contributed by atoms with Crippen LogP contribution in [-0.2, 0) is 6.54 Å². The van der Waals surface area contributed by atoms with Crippen LogP contribution in [0.25, 0.3) is 0 Å². The van der Waals surface area contributed by atoms with Gasteiger partial charge >= 0.3 is 0 Å². The van der Waals surface area contributed by atoms with Gasteiger partial charge in [0.2, 0.25) is 0 Å². The topological polar surface area (TPSA) is 64.0 Å². The molecule has 5 nitrogen and oxygen atoms in total. The lowest BCUT2D eigenvalue weighted by Crippen LogP contribution is -2.32. The van der Waals surface area contributed by atoms with Crippen LogP contribution in [0.3, 0.4) is 0 Å². The molecule has 1 aliphatic carbocycles. The number of hydrogen-bond acceptors (Lipinski definition) is 3. The van der Waals surface area contributed by atoms with E-state index in [1.54, 1.807) is 18.2 Å². The zero-order chi connectivity index (χ0) is 15.5. The highest BCUT2D eigenvalue weighted by Gasteiger charge is 2.25. The fourth-order valence-electron chi connectivity index (χ4n) is 2.23. The number of hydrogen-bond donors (Lipinski definition) is 1. The minimum Gasteiger partial charge on any atom is -0.350 e. The van der Waals surface area contributed by atoms with E-state index < -0.39 is 0 Å². The first kappa shape index (κ1) is 15.2. The van der Waals surface area contributed by atoms with Crippen molar-refractivity contribution in [2.45, 2.75) is 25.3 Å². The van der Waals surface area contributed by atoms with Gasteiger partial charge in [0.25, 0.3) is 11.5 Å². The lowest BCUT2D eigenvalue weighted by molar-refractivity contribution is 0.0951. The lowest BCUT2D eigenvalue weighted by atomic mass is 10.2. The van der Waals surface area contributed by atoms with E-state index >= 15 is 0 Å². The van der Waals surface area contributed by atoms with Crippen LogP contribution < -0.4 is 10.9 Å². The molecular weight excluding hydrogens is 393 g/mol. The van der Waals surface area contributed by atoms with Gasteiger partial charge in [-0.05, 0) is 59.7 Å². The molecule has 1 aromatic carbocycles. The molecule has 0 radical (unpaired) electrons. The van der Waals surface area contributed by atoms with Gasteiger partial charge in [0.1, 0.15) is 0 Å². The normalized spacial score (nSPS) is 13.9. The average molecular weight is 409 g/mol. The molecule has 3 rings (SSSR count). The first-order valence-electron chi connectivity index (χ1n) is 7.25. The van der Waals surface area contributed by atoms with Crippen LogP contribution in [0.15, 0.2) is 41.2 Å². The number of nitrogens with zero attached hydrogens (tertiary/aromatic N) is 2. The molecule has 1 saturated carbocycles. The molecule has 1 amide bonds. The smallest absolute Gasteiger partial charge is 0.266 e. The van der Waals surface area contributed by atoms with E-state index in [4.69, 9.17) is 0 Å². The van der Waals surface area contributed by atoms with Crippen molar-refractivity contribution in [1.29, 1.82) is 0 Å². The van der Waals surface area contributed by atoms with Gasteiger partial charge in [0, 0.05) is 27.7 Å². The molecule has 0 aliphatic heterocycles. The Hall–Kier alpha value is -1.70. The van der Waals surface area contributed by atoms with E-state index in [0.717, 1.165) is 22.1 Å². The Kier molecular flexibility index (Phi) is 4.56. The fourth-order valence-corrected chi connectivity index (χ4v) is 2.77. The maximum absolute atomic E-state index is 12.0. The van der Waals surface area contributed by atoms with Crippen LogP contribution >= 0.6 is 22.6 Å². The SMILES string of the molecule is O=C(NCCn1nc(C2CC2)ccc1=O)c1cccc(I)c1. The largest absolute Gasteiger partial charge is 0.350 e. The minimum atomic E-state index is -0.134. The molecule has 22 heavy (non-hydrogen) atoms. The third-order valence-electron chi connectivity index (χ3n) is 3.58. The summed E-state index contributed by atoms with van der Waals surface area (Å²) in [6, 6.07) is 10.7. The quantitative estimate of drug-likeness (QED) is 0.770. The van der Waals surface area contributed by atoms with Gasteiger partial charge in [0.05, 0.1) is 12.2 Å². The standard InChI is InChI=1S/C16H16IN3O2/c17-13-3-1-2-12(10-13)16(22)18-8-9-20-15(21)7-6-14(19-20)11-4-5-11/h1-3,6-7,10-11H,4-5,8-9H2,(H,18,22). The summed E-state index contributed by atoms with van der Waals surface area (Å²) in [5, 5.41) is 7.19. The van der Waals surface area contributed by atoms with E-state index in [0.29, 0.717) is 24.6 Å². The molecule has 0 atom stereocenters. The Bertz CT molecular complexity index is 753. The number of halogens is 1. The lowest BCUT2D eigenvalue weighted by Gasteiger charge is -2.08. The maximum atomic E-state index is 12.0. The van der Waals surface area contributed by atoms with Gasteiger partial charge in [-0.3, -0.25) is 9.59 Å². The van der Waals surface area contributed by atoms with Crippen molar-refractivity contribution in [2.75, 3.05) is 6.54 Å². The van der Waals surface area contributed by atoms with Gasteiger partial charge in [-0.25, -0.2) is 4.68 Å². The molecule has 0 unspecified atom stereocenters. The van der Waals surface area contributed by atoms with Crippen LogP contribution in [0.5, 0.6) is 0 Å². The number of rotatable bonds is 5. The Morgan fingerprint density at radius 3 is 2.86 bits per heavy atom. The van der Waals surface area contributed by atoms with Crippen molar-refractivity contribution in [3.63, 3.8) is 0 Å². The van der Waals surface area contributed by atoms with Gasteiger partial charge in [-0.2, -0.15) is 5.10 Å². The van der Waals surface area contributed by atoms with Crippen molar-refractivity contribution in [3.8, 4) is 0 Å². The molecule has 1 fully saturated rings. The van der Waals surface area contributed by atoms with E-state index in [1.165, 1.54) is 4.68 Å². The maximum Gasteiger partial charge on any atom is 0.266 e. The van der Waals surface area contributed by atoms with Crippen LogP contribution in [0.1, 0.15) is 34.8 Å². The molecule has 0 bridgehead atoms. The molecule has 114 valence electrons. The van der Waals surface area contributed by atoms with Crippen molar-refractivity contribution >= 4 is 28.5 Å². The first-order valence-corrected chi connectivity index (χ1v) is 8.33. The second-order valence-corrected chi connectivity index (χ2v) is 6.61. The molecular formula is C16H16IN3O2. The van der Waals surface area contributed by atoms with Crippen molar-refractivity contribution < 1.29 is 4.79 Å². The zero-order valence-electron chi connectivity index (χ0n) is 12.0. The fraction of sp³-hybridized carbons (Fsp3) is 0.312. The third-order valence-corrected chi connectivity index (χ3v) is 4.25. The van der Waals surface area contributed by atoms with E-state index in [9.17, 15) is 9.59 Å². The van der Waals surface area contributed by atoms with Gasteiger partial charge < -0.3 is 5.32 Å². The van der Waals surface area contributed by atoms with Crippen molar-refractivity contribution in [1.82, 2.24) is 15.1 Å². The monoisotopic (exact) mass is 409 g/mol. The summed E-state index contributed by atoms with van der Waals surface area (Å²) < 4.78 is 2.45. The highest BCUT2D eigenvalue weighted by molar-refractivity contribution is 14.1. The number of carbonyl (C=O) groups excluding carboxylic acids is 1. The minimum absolute atomic E-state index is 0.132. The summed E-state index contributed by atoms with van der Waals surface area (Å²) in [5.74, 6) is 0.373.